The van der Waals surface area contributed by atoms with Crippen molar-refractivity contribution < 1.29 is 0 Å². The number of imidazole rings is 1. The van der Waals surface area contributed by atoms with E-state index in [-0.39, 0.29) is 0 Å². The van der Waals surface area contributed by atoms with Crippen LogP contribution in [0.1, 0.15) is 49.6 Å². The van der Waals surface area contributed by atoms with E-state index in [0.29, 0.717) is 11.6 Å². The standard InChI is InChI=1S/C21H21N5S/c1-6-14(7-2)15-11-12(3)25-26-19(13(4)24-21(15)26)20-18(22-5)17-16(27-20)9-8-10-23-17/h8-11,14H,6-7H2,1-4H3. The van der Waals surface area contributed by atoms with Crippen molar-refractivity contribution in [3.8, 4) is 10.6 Å². The SMILES string of the molecule is [C-]#[N+]c1c(-c2c(C)nc3c(C(CC)CC)cc(C)nn23)sc2cccnc12. The molecule has 27 heavy (non-hydrogen) atoms. The smallest absolute Gasteiger partial charge is 0.232 e. The summed E-state index contributed by atoms with van der Waals surface area (Å²) in [7, 11) is 0. The number of aryl methyl sites for hydroxylation is 2. The first-order chi connectivity index (χ1) is 13.1. The molecule has 0 spiro atoms. The number of nitrogens with zero attached hydrogens (tertiary/aromatic N) is 5. The fraction of sp³-hybridized carbons (Fsp3) is 0.333. The minimum atomic E-state index is 0.452. The van der Waals surface area contributed by atoms with Crippen LogP contribution in [0.3, 0.4) is 0 Å². The van der Waals surface area contributed by atoms with Gasteiger partial charge in [0, 0.05) is 16.5 Å². The number of fused-ring (bicyclic) bond motifs is 2. The van der Waals surface area contributed by atoms with Gasteiger partial charge >= 0.3 is 0 Å². The Labute approximate surface area is 162 Å². The van der Waals surface area contributed by atoms with Crippen molar-refractivity contribution in [1.82, 2.24) is 19.6 Å². The first-order valence-electron chi connectivity index (χ1n) is 9.21. The predicted molar refractivity (Wildman–Crippen MR) is 111 cm³/mol. The molecule has 6 heteroatoms. The van der Waals surface area contributed by atoms with E-state index in [9.17, 15) is 0 Å². The molecule has 0 aromatic carbocycles. The summed E-state index contributed by atoms with van der Waals surface area (Å²) in [5, 5.41) is 4.77. The van der Waals surface area contributed by atoms with E-state index in [0.717, 1.165) is 50.7 Å². The largest absolute Gasteiger partial charge is 0.267 e. The molecule has 0 amide bonds. The monoisotopic (exact) mass is 375 g/mol. The number of hydrogen-bond donors (Lipinski definition) is 0. The molecule has 0 aliphatic heterocycles. The molecule has 0 atom stereocenters. The highest BCUT2D eigenvalue weighted by Gasteiger charge is 2.24. The van der Waals surface area contributed by atoms with Gasteiger partial charge in [-0.2, -0.15) is 5.10 Å². The van der Waals surface area contributed by atoms with Crippen LogP contribution in [0, 0.1) is 20.4 Å². The zero-order chi connectivity index (χ0) is 19.1. The van der Waals surface area contributed by atoms with Crippen LogP contribution in [0.5, 0.6) is 0 Å². The van der Waals surface area contributed by atoms with Gasteiger partial charge in [0.1, 0.15) is 0 Å². The minimum absolute atomic E-state index is 0.452. The van der Waals surface area contributed by atoms with Crippen LogP contribution >= 0.6 is 11.3 Å². The Kier molecular flexibility index (Phi) is 4.40. The summed E-state index contributed by atoms with van der Waals surface area (Å²) in [5.74, 6) is 0.452. The zero-order valence-electron chi connectivity index (χ0n) is 15.9. The Morgan fingerprint density at radius 1 is 1.26 bits per heavy atom. The fourth-order valence-electron chi connectivity index (χ4n) is 3.75. The van der Waals surface area contributed by atoms with Gasteiger partial charge in [-0.05, 0) is 50.8 Å². The van der Waals surface area contributed by atoms with Crippen molar-refractivity contribution in [3.63, 3.8) is 0 Å². The maximum atomic E-state index is 7.72. The zero-order valence-corrected chi connectivity index (χ0v) is 16.8. The molecule has 4 rings (SSSR count). The normalized spacial score (nSPS) is 11.6. The molecule has 0 bridgehead atoms. The molecule has 0 aliphatic carbocycles. The quantitative estimate of drug-likeness (QED) is 0.406. The Balaban J connectivity index is 2.07. The van der Waals surface area contributed by atoms with Crippen LogP contribution in [0.4, 0.5) is 5.69 Å². The van der Waals surface area contributed by atoms with Crippen LogP contribution in [0.15, 0.2) is 24.4 Å². The second-order valence-electron chi connectivity index (χ2n) is 6.78. The molecule has 4 aromatic heterocycles. The van der Waals surface area contributed by atoms with Crippen molar-refractivity contribution >= 4 is 32.9 Å². The number of pyridine rings is 1. The summed E-state index contributed by atoms with van der Waals surface area (Å²) >= 11 is 1.59. The predicted octanol–water partition coefficient (Wildman–Crippen LogP) is 6.08. The van der Waals surface area contributed by atoms with Crippen LogP contribution in [0.2, 0.25) is 0 Å². The lowest BCUT2D eigenvalue weighted by Crippen LogP contribution is -2.04. The molecule has 0 N–H and O–H groups in total. The minimum Gasteiger partial charge on any atom is -0.267 e. The number of rotatable bonds is 4. The van der Waals surface area contributed by atoms with Gasteiger partial charge in [0.2, 0.25) is 5.69 Å². The van der Waals surface area contributed by atoms with Crippen LogP contribution in [-0.4, -0.2) is 19.6 Å². The number of thiophene rings is 1. The average molecular weight is 376 g/mol. The molecular weight excluding hydrogens is 354 g/mol. The summed E-state index contributed by atoms with van der Waals surface area (Å²) in [4.78, 5) is 14.0. The van der Waals surface area contributed by atoms with Crippen molar-refractivity contribution in [2.24, 2.45) is 0 Å². The Hall–Kier alpha value is -2.78. The van der Waals surface area contributed by atoms with Crippen LogP contribution in [0.25, 0.3) is 31.3 Å². The van der Waals surface area contributed by atoms with Gasteiger partial charge in [0.15, 0.2) is 5.65 Å². The van der Waals surface area contributed by atoms with E-state index < -0.39 is 0 Å². The van der Waals surface area contributed by atoms with Crippen LogP contribution in [-0.2, 0) is 0 Å². The van der Waals surface area contributed by atoms with Gasteiger partial charge < -0.3 is 0 Å². The van der Waals surface area contributed by atoms with E-state index in [1.165, 1.54) is 5.56 Å². The number of aromatic nitrogens is 4. The van der Waals surface area contributed by atoms with E-state index >= 15 is 0 Å². The molecule has 0 aliphatic rings. The maximum absolute atomic E-state index is 7.72. The van der Waals surface area contributed by atoms with E-state index in [4.69, 9.17) is 16.7 Å². The Morgan fingerprint density at radius 3 is 2.74 bits per heavy atom. The lowest BCUT2D eigenvalue weighted by molar-refractivity contribution is 0.638. The topological polar surface area (TPSA) is 47.4 Å². The van der Waals surface area contributed by atoms with Crippen molar-refractivity contribution in [3.05, 3.63) is 52.8 Å². The number of hydrogen-bond acceptors (Lipinski definition) is 4. The molecule has 0 unspecified atom stereocenters. The summed E-state index contributed by atoms with van der Waals surface area (Å²) in [6.45, 7) is 16.2. The van der Waals surface area contributed by atoms with Crippen molar-refractivity contribution in [1.29, 1.82) is 0 Å². The van der Waals surface area contributed by atoms with Gasteiger partial charge in [-0.25, -0.2) is 14.3 Å². The van der Waals surface area contributed by atoms with E-state index in [2.05, 4.69) is 29.7 Å². The van der Waals surface area contributed by atoms with Crippen molar-refractivity contribution in [2.75, 3.05) is 0 Å². The molecule has 0 fully saturated rings. The Morgan fingerprint density at radius 2 is 2.04 bits per heavy atom. The molecule has 4 heterocycles. The molecule has 4 aromatic rings. The highest BCUT2D eigenvalue weighted by molar-refractivity contribution is 7.23. The van der Waals surface area contributed by atoms with Gasteiger partial charge in [0.05, 0.1) is 34.0 Å². The summed E-state index contributed by atoms with van der Waals surface area (Å²) in [5.41, 5.74) is 6.27. The second-order valence-corrected chi connectivity index (χ2v) is 7.83. The molecule has 0 radical (unpaired) electrons. The van der Waals surface area contributed by atoms with Gasteiger partial charge in [0.25, 0.3) is 0 Å². The molecule has 0 saturated heterocycles. The Bertz CT molecular complexity index is 1190. The van der Waals surface area contributed by atoms with E-state index in [1.807, 2.05) is 30.5 Å². The second kappa shape index (κ2) is 6.75. The first-order valence-corrected chi connectivity index (χ1v) is 10.0. The van der Waals surface area contributed by atoms with Crippen molar-refractivity contribution in [2.45, 2.75) is 46.5 Å². The summed E-state index contributed by atoms with van der Waals surface area (Å²) in [6, 6.07) is 6.08. The summed E-state index contributed by atoms with van der Waals surface area (Å²) < 4.78 is 2.96. The van der Waals surface area contributed by atoms with E-state index in [1.54, 1.807) is 17.5 Å². The maximum Gasteiger partial charge on any atom is 0.232 e. The fourth-order valence-corrected chi connectivity index (χ4v) is 4.93. The average Bonchev–Trinajstić information content (AvgIpc) is 3.18. The highest BCUT2D eigenvalue weighted by atomic mass is 32.1. The molecule has 0 saturated carbocycles. The summed E-state index contributed by atoms with van der Waals surface area (Å²) in [6.07, 6.45) is 3.87. The third-order valence-electron chi connectivity index (χ3n) is 5.08. The highest BCUT2D eigenvalue weighted by Crippen LogP contribution is 2.45. The molecule has 136 valence electrons. The van der Waals surface area contributed by atoms with Gasteiger partial charge in [-0.1, -0.05) is 13.8 Å². The van der Waals surface area contributed by atoms with Gasteiger partial charge in [-0.15, -0.1) is 11.3 Å². The third-order valence-corrected chi connectivity index (χ3v) is 6.22. The first kappa shape index (κ1) is 17.6. The molecule has 5 nitrogen and oxygen atoms in total. The molecular formula is C21H21N5S. The lowest BCUT2D eigenvalue weighted by Gasteiger charge is -2.14. The van der Waals surface area contributed by atoms with Gasteiger partial charge in [-0.3, -0.25) is 4.98 Å². The third kappa shape index (κ3) is 2.70. The lowest BCUT2D eigenvalue weighted by atomic mass is 9.95. The van der Waals surface area contributed by atoms with Crippen LogP contribution < -0.4 is 0 Å².